The number of fused-ring (bicyclic) bond motifs is 15. The van der Waals surface area contributed by atoms with Crippen molar-refractivity contribution in [3.05, 3.63) is 229 Å². The van der Waals surface area contributed by atoms with E-state index in [1.165, 1.54) is 93.8 Å². The molecular weight excluding hydrogens is 705 g/mol. The normalized spacial score (nSPS) is 13.4. The van der Waals surface area contributed by atoms with E-state index in [4.69, 9.17) is 4.74 Å². The van der Waals surface area contributed by atoms with Crippen molar-refractivity contribution < 1.29 is 4.74 Å². The van der Waals surface area contributed by atoms with Gasteiger partial charge in [0.1, 0.15) is 11.5 Å². The average molecular weight is 739 g/mol. The fraction of sp³-hybridized carbons (Fsp3) is 0.0182. The Balaban J connectivity index is 1.01. The lowest BCUT2D eigenvalue weighted by atomic mass is 9.66. The first-order chi connectivity index (χ1) is 28.8. The Morgan fingerprint density at radius 3 is 1.53 bits per heavy atom. The predicted molar refractivity (Wildman–Crippen MR) is 238 cm³/mol. The smallest absolute Gasteiger partial charge is 0.132 e. The molecule has 0 amide bonds. The number of ether oxygens (including phenoxy) is 1. The molecule has 1 spiro atoms. The first-order valence-corrected chi connectivity index (χ1v) is 20.0. The molecule has 58 heavy (non-hydrogen) atoms. The SMILES string of the molecule is c1ccc(-n2c3ccccc3c3cc(-c4ccc(-n5c6ccccc6c6cc7c(cc65)C5(c6ccccc6Oc6ccccc65)c5ccccc5-7)cc4)ccc32)cc1. The summed E-state index contributed by atoms with van der Waals surface area (Å²) in [6, 6.07) is 75.4. The van der Waals surface area contributed by atoms with Crippen molar-refractivity contribution in [1.29, 1.82) is 0 Å². The number of hydrogen-bond donors (Lipinski definition) is 0. The van der Waals surface area contributed by atoms with E-state index in [1.807, 2.05) is 0 Å². The van der Waals surface area contributed by atoms with Crippen LogP contribution in [0.4, 0.5) is 0 Å². The summed E-state index contributed by atoms with van der Waals surface area (Å²) in [6.07, 6.45) is 0. The molecule has 0 atom stereocenters. The van der Waals surface area contributed by atoms with Crippen molar-refractivity contribution in [1.82, 2.24) is 9.13 Å². The van der Waals surface area contributed by atoms with E-state index in [0.29, 0.717) is 0 Å². The zero-order valence-electron chi connectivity index (χ0n) is 31.4. The highest BCUT2D eigenvalue weighted by Crippen LogP contribution is 2.62. The summed E-state index contributed by atoms with van der Waals surface area (Å²) in [6.45, 7) is 0. The van der Waals surface area contributed by atoms with Crippen LogP contribution in [0.3, 0.4) is 0 Å². The standard InChI is InChI=1S/C55H34N2O/c1-2-14-37(15-3-1)56-49-22-10-5-17-40(49)43-32-36(28-31-51(43)56)35-26-29-38(30-27-35)57-50-23-11-6-18-41(50)44-33-42-39-16-4-7-19-45(39)55(48(42)34-52(44)57)46-20-8-12-24-53(46)58-54-25-13-9-21-47(54)55/h1-34H. The van der Waals surface area contributed by atoms with Crippen molar-refractivity contribution >= 4 is 43.6 Å². The molecule has 0 radical (unpaired) electrons. The molecule has 0 bridgehead atoms. The van der Waals surface area contributed by atoms with Crippen molar-refractivity contribution in [3.8, 4) is 45.1 Å². The lowest BCUT2D eigenvalue weighted by Crippen LogP contribution is -2.32. The van der Waals surface area contributed by atoms with Gasteiger partial charge in [-0.05, 0) is 106 Å². The fourth-order valence-electron chi connectivity index (χ4n) is 10.4. The van der Waals surface area contributed by atoms with E-state index < -0.39 is 5.41 Å². The number of aromatic nitrogens is 2. The van der Waals surface area contributed by atoms with Gasteiger partial charge in [0.15, 0.2) is 0 Å². The Kier molecular flexibility index (Phi) is 6.37. The zero-order chi connectivity index (χ0) is 38.0. The first kappa shape index (κ1) is 31.6. The molecule has 1 aliphatic carbocycles. The van der Waals surface area contributed by atoms with Crippen molar-refractivity contribution in [2.75, 3.05) is 0 Å². The van der Waals surface area contributed by atoms with E-state index >= 15 is 0 Å². The molecule has 3 nitrogen and oxygen atoms in total. The molecule has 2 aliphatic rings. The monoisotopic (exact) mass is 738 g/mol. The van der Waals surface area contributed by atoms with Crippen LogP contribution in [0, 0.1) is 0 Å². The predicted octanol–water partition coefficient (Wildman–Crippen LogP) is 14.0. The molecule has 2 aromatic heterocycles. The maximum absolute atomic E-state index is 6.63. The van der Waals surface area contributed by atoms with Gasteiger partial charge in [0.2, 0.25) is 0 Å². The van der Waals surface area contributed by atoms with Crippen LogP contribution in [0.5, 0.6) is 11.5 Å². The zero-order valence-corrected chi connectivity index (χ0v) is 31.4. The number of rotatable bonds is 3. The maximum Gasteiger partial charge on any atom is 0.132 e. The molecule has 0 unspecified atom stereocenters. The summed E-state index contributed by atoms with van der Waals surface area (Å²) in [5.74, 6) is 1.81. The largest absolute Gasteiger partial charge is 0.457 e. The Morgan fingerprint density at radius 1 is 0.310 bits per heavy atom. The summed E-state index contributed by atoms with van der Waals surface area (Å²) in [7, 11) is 0. The fourth-order valence-corrected chi connectivity index (χ4v) is 10.4. The lowest BCUT2D eigenvalue weighted by molar-refractivity contribution is 0.436. The second kappa shape index (κ2) is 11.7. The van der Waals surface area contributed by atoms with E-state index in [2.05, 4.69) is 215 Å². The van der Waals surface area contributed by atoms with Crippen molar-refractivity contribution in [2.24, 2.45) is 0 Å². The average Bonchev–Trinajstić information content (AvgIpc) is 3.90. The summed E-state index contributed by atoms with van der Waals surface area (Å²) in [5, 5.41) is 5.01. The van der Waals surface area contributed by atoms with E-state index in [0.717, 1.165) is 17.2 Å². The molecule has 0 saturated heterocycles. The van der Waals surface area contributed by atoms with Gasteiger partial charge in [-0.1, -0.05) is 133 Å². The van der Waals surface area contributed by atoms with Gasteiger partial charge in [0.25, 0.3) is 0 Å². The minimum atomic E-state index is -0.529. The highest BCUT2D eigenvalue weighted by Gasteiger charge is 2.51. The molecule has 9 aromatic carbocycles. The van der Waals surface area contributed by atoms with Crippen LogP contribution in [-0.2, 0) is 5.41 Å². The first-order valence-electron chi connectivity index (χ1n) is 20.0. The Bertz CT molecular complexity index is 3430. The summed E-state index contributed by atoms with van der Waals surface area (Å²) < 4.78 is 11.5. The minimum Gasteiger partial charge on any atom is -0.457 e. The van der Waals surface area contributed by atoms with Gasteiger partial charge in [0.05, 0.1) is 27.5 Å². The maximum atomic E-state index is 6.63. The highest BCUT2D eigenvalue weighted by atomic mass is 16.5. The van der Waals surface area contributed by atoms with Crippen LogP contribution in [0.1, 0.15) is 22.3 Å². The van der Waals surface area contributed by atoms with Gasteiger partial charge < -0.3 is 13.9 Å². The highest BCUT2D eigenvalue weighted by molar-refractivity contribution is 6.13. The van der Waals surface area contributed by atoms with Gasteiger partial charge in [-0.2, -0.15) is 0 Å². The number of para-hydroxylation sites is 5. The van der Waals surface area contributed by atoms with Crippen molar-refractivity contribution in [3.63, 3.8) is 0 Å². The van der Waals surface area contributed by atoms with Gasteiger partial charge in [-0.25, -0.2) is 0 Å². The Hall–Kier alpha value is -7.62. The Morgan fingerprint density at radius 2 is 0.828 bits per heavy atom. The van der Waals surface area contributed by atoms with Gasteiger partial charge in [-0.3, -0.25) is 0 Å². The van der Waals surface area contributed by atoms with Crippen molar-refractivity contribution in [2.45, 2.75) is 5.41 Å². The molecular formula is C55H34N2O. The third kappa shape index (κ3) is 4.12. The van der Waals surface area contributed by atoms with Gasteiger partial charge in [0, 0.05) is 44.0 Å². The van der Waals surface area contributed by atoms with Crippen LogP contribution in [0.15, 0.2) is 206 Å². The minimum absolute atomic E-state index is 0.529. The summed E-state index contributed by atoms with van der Waals surface area (Å²) in [4.78, 5) is 0. The second-order valence-corrected chi connectivity index (χ2v) is 15.6. The molecule has 3 heterocycles. The number of nitrogens with zero attached hydrogens (tertiary/aromatic N) is 2. The lowest BCUT2D eigenvalue weighted by Gasteiger charge is -2.39. The molecule has 0 saturated carbocycles. The number of benzene rings is 9. The van der Waals surface area contributed by atoms with Crippen LogP contribution >= 0.6 is 0 Å². The second-order valence-electron chi connectivity index (χ2n) is 15.6. The van der Waals surface area contributed by atoms with Crippen LogP contribution in [-0.4, -0.2) is 9.13 Å². The van der Waals surface area contributed by atoms with E-state index in [-0.39, 0.29) is 0 Å². The molecule has 11 aromatic rings. The van der Waals surface area contributed by atoms with Crippen LogP contribution in [0.25, 0.3) is 77.2 Å². The molecule has 3 heteroatoms. The van der Waals surface area contributed by atoms with Gasteiger partial charge >= 0.3 is 0 Å². The molecule has 13 rings (SSSR count). The molecule has 0 N–H and O–H groups in total. The summed E-state index contributed by atoms with van der Waals surface area (Å²) >= 11 is 0. The molecule has 270 valence electrons. The van der Waals surface area contributed by atoms with E-state index in [9.17, 15) is 0 Å². The number of hydrogen-bond acceptors (Lipinski definition) is 1. The van der Waals surface area contributed by atoms with Crippen LogP contribution in [0.2, 0.25) is 0 Å². The Labute approximate surface area is 335 Å². The summed E-state index contributed by atoms with van der Waals surface area (Å²) in [5.41, 5.74) is 16.5. The quantitative estimate of drug-likeness (QED) is 0.177. The third-order valence-corrected chi connectivity index (χ3v) is 12.8. The van der Waals surface area contributed by atoms with Gasteiger partial charge in [-0.15, -0.1) is 0 Å². The van der Waals surface area contributed by atoms with E-state index in [1.54, 1.807) is 0 Å². The topological polar surface area (TPSA) is 19.1 Å². The third-order valence-electron chi connectivity index (χ3n) is 12.8. The van der Waals surface area contributed by atoms with Crippen LogP contribution < -0.4 is 4.74 Å². The molecule has 1 aliphatic heterocycles. The molecule has 0 fully saturated rings.